The first kappa shape index (κ1) is 24.5. The average Bonchev–Trinajstić information content (AvgIpc) is 3.28. The van der Waals surface area contributed by atoms with E-state index in [0.717, 1.165) is 37.8 Å². The van der Waals surface area contributed by atoms with Gasteiger partial charge in [0.25, 0.3) is 5.91 Å². The standard InChI is InChI=1S/C24H25F4N3O2S/c1-2-29-10-12-30(13-11-29)22(33)20-15-34-23(16-6-8-18(9-7-16)24(26,27)28)31(20)21(32)17-4-3-5-19(25)14-17/h3-9,14,20,23H,2,10-13,15H2,1H3. The predicted octanol–water partition coefficient (Wildman–Crippen LogP) is 4.27. The van der Waals surface area contributed by atoms with Crippen LogP contribution in [0.1, 0.15) is 33.8 Å². The van der Waals surface area contributed by atoms with E-state index >= 15 is 0 Å². The van der Waals surface area contributed by atoms with Gasteiger partial charge in [0.1, 0.15) is 17.2 Å². The highest BCUT2D eigenvalue weighted by Gasteiger charge is 2.44. The second-order valence-electron chi connectivity index (χ2n) is 8.30. The van der Waals surface area contributed by atoms with Crippen LogP contribution in [0.2, 0.25) is 0 Å². The lowest BCUT2D eigenvalue weighted by atomic mass is 10.1. The summed E-state index contributed by atoms with van der Waals surface area (Å²) in [4.78, 5) is 32.3. The van der Waals surface area contributed by atoms with Crippen LogP contribution in [0.5, 0.6) is 0 Å². The van der Waals surface area contributed by atoms with E-state index in [1.807, 2.05) is 0 Å². The molecule has 2 amide bonds. The molecule has 182 valence electrons. The Morgan fingerprint density at radius 3 is 2.29 bits per heavy atom. The van der Waals surface area contributed by atoms with Gasteiger partial charge in [-0.1, -0.05) is 25.1 Å². The highest BCUT2D eigenvalue weighted by molar-refractivity contribution is 7.99. The minimum absolute atomic E-state index is 0.0908. The quantitative estimate of drug-likeness (QED) is 0.595. The number of hydrogen-bond donors (Lipinski definition) is 0. The number of alkyl halides is 3. The van der Waals surface area contributed by atoms with Crippen molar-refractivity contribution in [1.82, 2.24) is 14.7 Å². The molecular formula is C24H25F4N3O2S. The van der Waals surface area contributed by atoms with Gasteiger partial charge in [0.2, 0.25) is 5.91 Å². The van der Waals surface area contributed by atoms with E-state index in [-0.39, 0.29) is 11.5 Å². The van der Waals surface area contributed by atoms with E-state index < -0.39 is 34.9 Å². The number of halogens is 4. The number of hydrogen-bond acceptors (Lipinski definition) is 4. The molecule has 2 heterocycles. The van der Waals surface area contributed by atoms with Crippen molar-refractivity contribution in [2.75, 3.05) is 38.5 Å². The zero-order valence-electron chi connectivity index (χ0n) is 18.6. The number of amides is 2. The largest absolute Gasteiger partial charge is 0.416 e. The fraction of sp³-hybridized carbons (Fsp3) is 0.417. The Morgan fingerprint density at radius 1 is 1.03 bits per heavy atom. The van der Waals surface area contributed by atoms with Gasteiger partial charge in [-0.25, -0.2) is 4.39 Å². The van der Waals surface area contributed by atoms with Gasteiger partial charge in [-0.2, -0.15) is 13.2 Å². The molecule has 2 saturated heterocycles. The molecule has 34 heavy (non-hydrogen) atoms. The first-order valence-electron chi connectivity index (χ1n) is 11.1. The molecule has 0 aliphatic carbocycles. The Bertz CT molecular complexity index is 1040. The van der Waals surface area contributed by atoms with Gasteiger partial charge in [0, 0.05) is 37.5 Å². The van der Waals surface area contributed by atoms with Gasteiger partial charge in [-0.15, -0.1) is 11.8 Å². The molecule has 2 aliphatic heterocycles. The number of piperazine rings is 1. The van der Waals surface area contributed by atoms with E-state index in [0.29, 0.717) is 24.4 Å². The van der Waals surface area contributed by atoms with Gasteiger partial charge in [-0.05, 0) is 42.4 Å². The summed E-state index contributed by atoms with van der Waals surface area (Å²) in [5.41, 5.74) is -0.217. The first-order chi connectivity index (χ1) is 16.2. The van der Waals surface area contributed by atoms with Crippen LogP contribution in [0.25, 0.3) is 0 Å². The molecule has 0 spiro atoms. The third-order valence-electron chi connectivity index (χ3n) is 6.25. The maximum absolute atomic E-state index is 13.8. The van der Waals surface area contributed by atoms with Crippen molar-refractivity contribution in [2.24, 2.45) is 0 Å². The van der Waals surface area contributed by atoms with Crippen LogP contribution in [0, 0.1) is 5.82 Å². The highest BCUT2D eigenvalue weighted by Crippen LogP contribution is 2.43. The lowest BCUT2D eigenvalue weighted by Crippen LogP contribution is -2.55. The fourth-order valence-corrected chi connectivity index (χ4v) is 5.72. The molecule has 4 rings (SSSR count). The predicted molar refractivity (Wildman–Crippen MR) is 122 cm³/mol. The number of carbonyl (C=O) groups excluding carboxylic acids is 2. The summed E-state index contributed by atoms with van der Waals surface area (Å²) in [6.07, 6.45) is -4.47. The maximum atomic E-state index is 13.8. The van der Waals surface area contributed by atoms with Crippen molar-refractivity contribution in [3.63, 3.8) is 0 Å². The fourth-order valence-electron chi connectivity index (χ4n) is 4.30. The van der Waals surface area contributed by atoms with Gasteiger partial charge in [0.05, 0.1) is 5.56 Å². The molecule has 0 radical (unpaired) electrons. The van der Waals surface area contributed by atoms with E-state index in [4.69, 9.17) is 0 Å². The molecule has 2 aromatic carbocycles. The van der Waals surface area contributed by atoms with E-state index in [9.17, 15) is 27.2 Å². The van der Waals surface area contributed by atoms with Gasteiger partial charge < -0.3 is 14.7 Å². The Kier molecular flexibility index (Phi) is 7.18. The Balaban J connectivity index is 1.64. The number of carbonyl (C=O) groups is 2. The van der Waals surface area contributed by atoms with Gasteiger partial charge >= 0.3 is 6.18 Å². The van der Waals surface area contributed by atoms with E-state index in [1.165, 1.54) is 47.0 Å². The van der Waals surface area contributed by atoms with E-state index in [1.54, 1.807) is 4.90 Å². The summed E-state index contributed by atoms with van der Waals surface area (Å²) in [6, 6.07) is 9.04. The normalized spacial score (nSPS) is 21.7. The van der Waals surface area contributed by atoms with E-state index in [2.05, 4.69) is 11.8 Å². The number of likely N-dealkylation sites (N-methyl/N-ethyl adjacent to an activating group) is 1. The molecule has 2 aromatic rings. The second-order valence-corrected chi connectivity index (χ2v) is 9.42. The minimum Gasteiger partial charge on any atom is -0.338 e. The van der Waals surface area contributed by atoms with Gasteiger partial charge in [-0.3, -0.25) is 9.59 Å². The number of rotatable bonds is 4. The van der Waals surface area contributed by atoms with Gasteiger partial charge in [0.15, 0.2) is 0 Å². The second kappa shape index (κ2) is 9.95. The number of thioether (sulfide) groups is 1. The summed E-state index contributed by atoms with van der Waals surface area (Å²) in [7, 11) is 0. The monoisotopic (exact) mass is 495 g/mol. The molecule has 0 aromatic heterocycles. The number of nitrogens with zero attached hydrogens (tertiary/aromatic N) is 3. The van der Waals surface area contributed by atoms with Crippen LogP contribution in [0.3, 0.4) is 0 Å². The lowest BCUT2D eigenvalue weighted by Gasteiger charge is -2.37. The zero-order valence-corrected chi connectivity index (χ0v) is 19.4. The molecule has 2 fully saturated rings. The summed E-state index contributed by atoms with van der Waals surface area (Å²) < 4.78 is 52.9. The molecular weight excluding hydrogens is 470 g/mol. The third-order valence-corrected chi connectivity index (χ3v) is 7.57. The lowest BCUT2D eigenvalue weighted by molar-refractivity contribution is -0.137. The molecule has 2 aliphatic rings. The SMILES string of the molecule is CCN1CCN(C(=O)C2CSC(c3ccc(C(F)(F)F)cc3)N2C(=O)c2cccc(F)c2)CC1. The highest BCUT2D eigenvalue weighted by atomic mass is 32.2. The zero-order chi connectivity index (χ0) is 24.5. The summed E-state index contributed by atoms with van der Waals surface area (Å²) in [6.45, 7) is 5.51. The van der Waals surface area contributed by atoms with Crippen molar-refractivity contribution in [3.8, 4) is 0 Å². The minimum atomic E-state index is -4.47. The Labute approximate surface area is 199 Å². The first-order valence-corrected chi connectivity index (χ1v) is 12.1. The van der Waals surface area contributed by atoms with Crippen LogP contribution < -0.4 is 0 Å². The Hall–Kier alpha value is -2.59. The molecule has 10 heteroatoms. The average molecular weight is 496 g/mol. The molecule has 0 saturated carbocycles. The molecule has 0 N–H and O–H groups in total. The van der Waals surface area contributed by atoms with Crippen LogP contribution in [0.4, 0.5) is 17.6 Å². The van der Waals surface area contributed by atoms with Crippen molar-refractivity contribution in [3.05, 3.63) is 71.0 Å². The third kappa shape index (κ3) is 5.07. The van der Waals surface area contributed by atoms with Crippen molar-refractivity contribution >= 4 is 23.6 Å². The van der Waals surface area contributed by atoms with Crippen molar-refractivity contribution < 1.29 is 27.2 Å². The van der Waals surface area contributed by atoms with Crippen molar-refractivity contribution in [1.29, 1.82) is 0 Å². The van der Waals surface area contributed by atoms with Crippen LogP contribution in [0.15, 0.2) is 48.5 Å². The summed E-state index contributed by atoms with van der Waals surface area (Å²) in [5, 5.41) is -0.663. The topological polar surface area (TPSA) is 43.9 Å². The van der Waals surface area contributed by atoms with Crippen LogP contribution in [-0.2, 0) is 11.0 Å². The van der Waals surface area contributed by atoms with Crippen molar-refractivity contribution in [2.45, 2.75) is 24.5 Å². The maximum Gasteiger partial charge on any atom is 0.416 e. The Morgan fingerprint density at radius 2 is 1.71 bits per heavy atom. The molecule has 0 bridgehead atoms. The summed E-state index contributed by atoms with van der Waals surface area (Å²) in [5.74, 6) is -0.996. The van der Waals surface area contributed by atoms with Crippen LogP contribution in [-0.4, -0.2) is 71.0 Å². The molecule has 5 nitrogen and oxygen atoms in total. The molecule has 2 unspecified atom stereocenters. The van der Waals surface area contributed by atoms with Crippen LogP contribution >= 0.6 is 11.8 Å². The summed E-state index contributed by atoms with van der Waals surface area (Å²) >= 11 is 1.32. The smallest absolute Gasteiger partial charge is 0.338 e. The number of benzene rings is 2. The molecule has 2 atom stereocenters.